The molecule has 3 aliphatic rings. The first-order chi connectivity index (χ1) is 17.5. The van der Waals surface area contributed by atoms with Gasteiger partial charge in [0.05, 0.1) is 30.9 Å². The molecule has 1 radical (unpaired) electrons. The van der Waals surface area contributed by atoms with Gasteiger partial charge in [-0.05, 0) is 61.3 Å². The van der Waals surface area contributed by atoms with Gasteiger partial charge in [0.15, 0.2) is 13.1 Å². The number of hydrogen-bond donors (Lipinski definition) is 0. The van der Waals surface area contributed by atoms with Gasteiger partial charge in [0.25, 0.3) is 0 Å². The first kappa shape index (κ1) is 25.4. The van der Waals surface area contributed by atoms with E-state index < -0.39 is 10.0 Å². The summed E-state index contributed by atoms with van der Waals surface area (Å²) in [6.45, 7) is 6.98. The predicted octanol–water partition coefficient (Wildman–Crippen LogP) is 2.67. The Morgan fingerprint density at radius 1 is 1.08 bits per heavy atom. The van der Waals surface area contributed by atoms with Crippen LogP contribution in [-0.4, -0.2) is 81.5 Å². The van der Waals surface area contributed by atoms with E-state index in [0.29, 0.717) is 19.7 Å². The molecule has 0 amide bonds. The van der Waals surface area contributed by atoms with Crippen molar-refractivity contribution in [2.24, 2.45) is 5.92 Å². The lowest BCUT2D eigenvalue weighted by atomic mass is 9.92. The number of ether oxygens (including phenoxy) is 2. The summed E-state index contributed by atoms with van der Waals surface area (Å²) in [5.74, 6) is 2.41. The van der Waals surface area contributed by atoms with E-state index in [1.807, 2.05) is 24.5 Å². The summed E-state index contributed by atoms with van der Waals surface area (Å²) in [5, 5.41) is 0. The Hall–Kier alpha value is -2.27. The summed E-state index contributed by atoms with van der Waals surface area (Å²) in [4.78, 5) is 13.8. The summed E-state index contributed by atoms with van der Waals surface area (Å²) in [6.07, 6.45) is 10.5. The van der Waals surface area contributed by atoms with E-state index in [-0.39, 0.29) is 0 Å². The molecule has 5 rings (SSSR count). The molecule has 1 aromatic carbocycles. The van der Waals surface area contributed by atoms with Gasteiger partial charge in [-0.3, -0.25) is 0 Å². The molecule has 0 spiro atoms. The van der Waals surface area contributed by atoms with Crippen molar-refractivity contribution in [1.29, 1.82) is 0 Å². The minimum atomic E-state index is -3.15. The Kier molecular flexibility index (Phi) is 8.05. The summed E-state index contributed by atoms with van der Waals surface area (Å²) in [6, 6.07) is 6.06. The molecule has 0 aliphatic carbocycles. The zero-order valence-corrected chi connectivity index (χ0v) is 22.0. The minimum absolute atomic E-state index is 0.456. The van der Waals surface area contributed by atoms with Crippen LogP contribution in [0.4, 0.5) is 11.6 Å². The Bertz CT molecular complexity index is 1110. The number of fused-ring (bicyclic) bond motifs is 1. The largest absolute Gasteiger partial charge is 0.494 e. The molecule has 0 unspecified atom stereocenters. The highest BCUT2D eigenvalue weighted by atomic mass is 32.2. The highest BCUT2D eigenvalue weighted by Crippen LogP contribution is 2.27. The summed E-state index contributed by atoms with van der Waals surface area (Å²) in [5.41, 5.74) is 3.38. The van der Waals surface area contributed by atoms with Crippen LogP contribution in [0.2, 0.25) is 0 Å². The van der Waals surface area contributed by atoms with Crippen molar-refractivity contribution in [2.75, 3.05) is 63.7 Å². The van der Waals surface area contributed by atoms with Crippen LogP contribution in [-0.2, 0) is 27.7 Å². The van der Waals surface area contributed by atoms with Crippen molar-refractivity contribution in [2.45, 2.75) is 38.6 Å². The molecule has 0 atom stereocenters. The third-order valence-corrected chi connectivity index (χ3v) is 8.80. The number of hydrogen-bond acceptors (Lipinski definition) is 8. The van der Waals surface area contributed by atoms with Crippen LogP contribution in [0, 0.1) is 5.92 Å². The molecule has 10 heteroatoms. The van der Waals surface area contributed by atoms with Crippen LogP contribution in [0.1, 0.15) is 36.8 Å². The van der Waals surface area contributed by atoms with Gasteiger partial charge in [-0.2, -0.15) is 14.3 Å². The van der Waals surface area contributed by atoms with Gasteiger partial charge < -0.3 is 14.4 Å². The molecule has 0 saturated carbocycles. The average Bonchev–Trinajstić information content (AvgIpc) is 2.91. The Balaban J connectivity index is 1.02. The summed E-state index contributed by atoms with van der Waals surface area (Å²) >= 11 is 0. The lowest BCUT2D eigenvalue weighted by Crippen LogP contribution is -2.38. The highest BCUT2D eigenvalue weighted by Gasteiger charge is 2.27. The van der Waals surface area contributed by atoms with E-state index in [4.69, 9.17) is 9.47 Å². The Morgan fingerprint density at radius 2 is 1.83 bits per heavy atom. The molecular formula is C26H37N5O4S+. The van der Waals surface area contributed by atoms with Crippen molar-refractivity contribution < 1.29 is 17.9 Å². The number of aromatic nitrogens is 2. The predicted molar refractivity (Wildman–Crippen MR) is 139 cm³/mol. The maximum Gasteiger partial charge on any atom is 0.378 e. The van der Waals surface area contributed by atoms with Gasteiger partial charge in [-0.25, -0.2) is 8.42 Å². The van der Waals surface area contributed by atoms with E-state index in [0.717, 1.165) is 81.1 Å². The topological polar surface area (TPSA) is 90.8 Å². The second kappa shape index (κ2) is 11.4. The number of anilines is 2. The van der Waals surface area contributed by atoms with E-state index in [1.165, 1.54) is 35.4 Å². The van der Waals surface area contributed by atoms with E-state index in [9.17, 15) is 8.42 Å². The smallest absolute Gasteiger partial charge is 0.378 e. The molecule has 0 N–H and O–H groups in total. The third kappa shape index (κ3) is 6.34. The molecule has 4 heterocycles. The number of morpholine rings is 1. The van der Waals surface area contributed by atoms with Crippen LogP contribution in [0.3, 0.4) is 0 Å². The van der Waals surface area contributed by atoms with E-state index in [1.54, 1.807) is 0 Å². The number of rotatable bonds is 8. The van der Waals surface area contributed by atoms with Crippen LogP contribution in [0.5, 0.6) is 5.75 Å². The molecule has 195 valence electrons. The maximum absolute atomic E-state index is 11.8. The van der Waals surface area contributed by atoms with Gasteiger partial charge in [0.1, 0.15) is 19.0 Å². The second-order valence-corrected chi connectivity index (χ2v) is 12.0. The lowest BCUT2D eigenvalue weighted by molar-refractivity contribution is 0.0886. The molecule has 36 heavy (non-hydrogen) atoms. The first-order valence-electron chi connectivity index (χ1n) is 13.0. The van der Waals surface area contributed by atoms with Crippen LogP contribution in [0.15, 0.2) is 30.6 Å². The van der Waals surface area contributed by atoms with Crippen molar-refractivity contribution in [1.82, 2.24) is 19.2 Å². The number of piperidine rings is 1. The van der Waals surface area contributed by atoms with Gasteiger partial charge in [-0.1, -0.05) is 11.0 Å². The molecule has 2 fully saturated rings. The fourth-order valence-corrected chi connectivity index (χ4v) is 6.12. The molecule has 1 aromatic heterocycles. The quantitative estimate of drug-likeness (QED) is 0.394. The second-order valence-electron chi connectivity index (χ2n) is 10.0. The van der Waals surface area contributed by atoms with Gasteiger partial charge in [-0.15, -0.1) is 0 Å². The SMILES string of the molecule is CS(=O)(=O)N1CCc2cc(OCCCC3CCN(c4cnc([N+]5CCOCC5)nc4)CC3)ccc2C1. The van der Waals surface area contributed by atoms with Gasteiger partial charge in [0.2, 0.25) is 10.0 Å². The Labute approximate surface area is 214 Å². The van der Waals surface area contributed by atoms with Crippen LogP contribution < -0.4 is 14.5 Å². The molecule has 0 bridgehead atoms. The van der Waals surface area contributed by atoms with Gasteiger partial charge in [0, 0.05) is 26.2 Å². The zero-order valence-electron chi connectivity index (χ0n) is 21.1. The number of sulfonamides is 1. The highest BCUT2D eigenvalue weighted by molar-refractivity contribution is 7.88. The van der Waals surface area contributed by atoms with Crippen molar-refractivity contribution in [3.8, 4) is 5.75 Å². The zero-order chi connectivity index (χ0) is 25.0. The third-order valence-electron chi connectivity index (χ3n) is 7.55. The Morgan fingerprint density at radius 3 is 2.56 bits per heavy atom. The first-order valence-corrected chi connectivity index (χ1v) is 14.9. The fraction of sp³-hybridized carbons (Fsp3) is 0.615. The molecule has 2 aromatic rings. The van der Waals surface area contributed by atoms with Gasteiger partial charge >= 0.3 is 5.95 Å². The number of benzene rings is 1. The molecule has 9 nitrogen and oxygen atoms in total. The average molecular weight is 516 g/mol. The maximum atomic E-state index is 11.8. The minimum Gasteiger partial charge on any atom is -0.494 e. The molecule has 2 saturated heterocycles. The monoisotopic (exact) mass is 515 g/mol. The normalized spacial score (nSPS) is 20.3. The van der Waals surface area contributed by atoms with Crippen molar-refractivity contribution >= 4 is 21.7 Å². The van der Waals surface area contributed by atoms with Crippen LogP contribution >= 0.6 is 0 Å². The summed E-state index contributed by atoms with van der Waals surface area (Å²) < 4.78 is 36.6. The van der Waals surface area contributed by atoms with E-state index in [2.05, 4.69) is 25.8 Å². The number of nitrogens with zero attached hydrogens (tertiary/aromatic N) is 5. The van der Waals surface area contributed by atoms with Crippen molar-refractivity contribution in [3.05, 3.63) is 41.7 Å². The van der Waals surface area contributed by atoms with Crippen LogP contribution in [0.25, 0.3) is 0 Å². The standard InChI is InChI=1S/C26H37N5O4S/c1-36(32,33)31-11-8-22-17-25(5-4-23(22)20-31)35-14-2-3-21-6-9-29(10-7-21)24-18-27-26(28-19-24)30-12-15-34-16-13-30/h4-5,17-19,21H,2-3,6-16,20H2,1H3/q+1. The fourth-order valence-electron chi connectivity index (χ4n) is 5.32. The molecular weight excluding hydrogens is 478 g/mol. The lowest BCUT2D eigenvalue weighted by Gasteiger charge is -2.33. The van der Waals surface area contributed by atoms with Crippen molar-refractivity contribution in [3.63, 3.8) is 0 Å². The van der Waals surface area contributed by atoms with E-state index >= 15 is 0 Å². The summed E-state index contributed by atoms with van der Waals surface area (Å²) in [7, 11) is -3.15. The molecule has 3 aliphatic heterocycles.